The third kappa shape index (κ3) is 24.1. The summed E-state index contributed by atoms with van der Waals surface area (Å²) in [6, 6.07) is 32.7. The number of aryl methyl sites for hydroxylation is 8. The van der Waals surface area contributed by atoms with Crippen LogP contribution in [0.25, 0.3) is 83.5 Å². The smallest absolute Gasteiger partial charge is 0.345 e. The van der Waals surface area contributed by atoms with E-state index in [2.05, 4.69) is 96.2 Å². The number of alkyl halides is 2. The second kappa shape index (κ2) is 46.2. The van der Waals surface area contributed by atoms with Crippen LogP contribution < -0.4 is 40.2 Å². The fourth-order valence-electron chi connectivity index (χ4n) is 16.1. The van der Waals surface area contributed by atoms with E-state index < -0.39 is 84.2 Å². The van der Waals surface area contributed by atoms with Crippen molar-refractivity contribution in [3.8, 4) is 62.8 Å². The zero-order valence-electron chi connectivity index (χ0n) is 83.5. The topological polar surface area (TPSA) is 415 Å². The first kappa shape index (κ1) is 100. The van der Waals surface area contributed by atoms with Gasteiger partial charge in [-0.05, 0) is 182 Å². The summed E-state index contributed by atoms with van der Waals surface area (Å²) >= 11 is 25.6. The van der Waals surface area contributed by atoms with Gasteiger partial charge in [0.1, 0.15) is 151 Å². The third-order valence-corrected chi connectivity index (χ3v) is 24.3. The van der Waals surface area contributed by atoms with Crippen LogP contribution in [-0.2, 0) is 57.1 Å². The number of carbonyl (C=O) groups excluding carboxylic acids is 4. The maximum Gasteiger partial charge on any atom is 0.345 e. The van der Waals surface area contributed by atoms with Gasteiger partial charge in [0, 0.05) is 104 Å². The Kier molecular flexibility index (Phi) is 31.2. The van der Waals surface area contributed by atoms with Crippen LogP contribution in [0.5, 0.6) is 23.0 Å². The standard InChI is InChI=1S/3C26H22ClFN6O3.C25H23ClF3N5O3/c3*1-14-7-19(25-29-12-31-34(25)3)17-5-4-6-23(24(17)32-14)37-10-20-18(8-16(28)9-21(20)27)15(2)33-26(35)22-11-36-13-30-22;1-13-7-21(34-15(3)30-12-31-34)17-5-4-6-22(24(17)32-13)36-10-19-18(8-16(27)9-20(19)26)14(2)33-23(35)11-37-25(28)29/h3*4-9,11-13,15H,10H2,1-3H3,(H,33,35);4-9,12,14,25H,10-11H2,1-3H3,(H,33,35)/t3*15-;14-/m0000/s1/i2*15D;;14D. The van der Waals surface area contributed by atoms with Crippen molar-refractivity contribution < 1.29 is 86.6 Å². The van der Waals surface area contributed by atoms with Crippen molar-refractivity contribution in [3.05, 3.63) is 342 Å². The molecule has 0 spiro atoms. The van der Waals surface area contributed by atoms with E-state index in [1.54, 1.807) is 49.9 Å². The Bertz CT molecular complexity index is 8070. The second-order valence-corrected chi connectivity index (χ2v) is 34.9. The van der Waals surface area contributed by atoms with Gasteiger partial charge in [0.25, 0.3) is 17.7 Å². The number of nitrogens with zero attached hydrogens (tertiary/aromatic N) is 19. The Balaban J connectivity index is 0.000000143. The average Bonchev–Trinajstić information content (AvgIpc) is 1.53. The van der Waals surface area contributed by atoms with E-state index in [0.29, 0.717) is 96.3 Å². The highest BCUT2D eigenvalue weighted by Gasteiger charge is 2.29. The Morgan fingerprint density at radius 1 is 0.392 bits per heavy atom. The molecule has 4 amide bonds. The third-order valence-electron chi connectivity index (χ3n) is 23.0. The number of benzene rings is 8. The van der Waals surface area contributed by atoms with Gasteiger partial charge in [0.2, 0.25) is 5.91 Å². The molecule has 0 unspecified atom stereocenters. The lowest BCUT2D eigenvalue weighted by Crippen LogP contribution is -2.31. The van der Waals surface area contributed by atoms with Crippen LogP contribution in [0.2, 0.25) is 20.1 Å². The van der Waals surface area contributed by atoms with Gasteiger partial charge in [-0.1, -0.05) is 94.9 Å². The summed E-state index contributed by atoms with van der Waals surface area (Å²) in [4.78, 5) is 97.0. The molecule has 11 aromatic heterocycles. The molecule has 8 aromatic carbocycles. The summed E-state index contributed by atoms with van der Waals surface area (Å²) in [6.45, 7) is 10.5. The van der Waals surface area contributed by atoms with Crippen LogP contribution in [-0.4, -0.2) is 131 Å². The van der Waals surface area contributed by atoms with E-state index in [-0.39, 0.29) is 85.9 Å². The van der Waals surface area contributed by atoms with Crippen LogP contribution in [0.4, 0.5) is 26.3 Å². The number of amides is 4. The Morgan fingerprint density at radius 3 is 1.02 bits per heavy atom. The summed E-state index contributed by atoms with van der Waals surface area (Å²) in [6.07, 6.45) is 12.8. The van der Waals surface area contributed by atoms with Crippen LogP contribution >= 0.6 is 46.4 Å². The van der Waals surface area contributed by atoms with E-state index in [1.807, 2.05) is 129 Å². The average molecular weight is 2100 g/mol. The minimum atomic E-state index is -3.16. The lowest BCUT2D eigenvalue weighted by molar-refractivity contribution is -0.152. The number of carbonyl (C=O) groups is 4. The second-order valence-electron chi connectivity index (χ2n) is 33.2. The normalized spacial score (nSPS) is 13.0. The Morgan fingerprint density at radius 2 is 0.703 bits per heavy atom. The molecule has 0 bridgehead atoms. The van der Waals surface area contributed by atoms with Gasteiger partial charge in [0.15, 0.2) is 53.7 Å². The van der Waals surface area contributed by atoms with Crippen molar-refractivity contribution in [2.24, 2.45) is 21.1 Å². The van der Waals surface area contributed by atoms with Gasteiger partial charge >= 0.3 is 6.61 Å². The molecule has 758 valence electrons. The number of para-hydroxylation sites is 4. The summed E-state index contributed by atoms with van der Waals surface area (Å²) < 4.78 is 158. The molecule has 0 aliphatic rings. The maximum atomic E-state index is 14.4. The van der Waals surface area contributed by atoms with E-state index in [4.69, 9.17) is 87.7 Å². The largest absolute Gasteiger partial charge is 0.487 e. The quantitative estimate of drug-likeness (QED) is 0.0304. The highest BCUT2D eigenvalue weighted by atomic mass is 35.5. The number of hydrogen-bond donors (Lipinski definition) is 4. The number of oxazole rings is 3. The number of halogens is 10. The minimum absolute atomic E-state index is 0.0142. The molecule has 11 heterocycles. The molecule has 0 saturated carbocycles. The van der Waals surface area contributed by atoms with Crippen LogP contribution in [0, 0.1) is 57.9 Å². The fourth-order valence-corrected chi connectivity index (χ4v) is 17.2. The summed E-state index contributed by atoms with van der Waals surface area (Å²) in [5.41, 5.74) is 10.9. The highest BCUT2D eigenvalue weighted by molar-refractivity contribution is 6.32. The van der Waals surface area contributed by atoms with Crippen LogP contribution in [0.3, 0.4) is 0 Å². The summed E-state index contributed by atoms with van der Waals surface area (Å²) in [7, 11) is 5.44. The first-order valence-electron chi connectivity index (χ1n) is 46.3. The van der Waals surface area contributed by atoms with Crippen molar-refractivity contribution in [2.45, 2.75) is 119 Å². The van der Waals surface area contributed by atoms with Gasteiger partial charge in [-0.25, -0.2) is 91.1 Å². The summed E-state index contributed by atoms with van der Waals surface area (Å²) in [5.74, 6) is -0.787. The van der Waals surface area contributed by atoms with Gasteiger partial charge in [0.05, 0.1) is 54.0 Å². The van der Waals surface area contributed by atoms with Gasteiger partial charge < -0.3 is 58.2 Å². The Hall–Kier alpha value is -16.6. The SMILES string of the molecule is Cc1cc(-c2ncnn2C)c2cccc(OCc3c(Cl)cc(F)cc3[C@H](C)NC(=O)c3cocn3)c2n1.[2H][C@@](C)(NC(=O)COC(F)F)c1cc(F)cc(Cl)c1COc1cccc2c(-n3ncnc3C)cc(C)nc12.[2H][C@@](C)(NC(=O)c1cocn1)c1cc(F)cc(Cl)c1COc1cccc2c(-c3ncnn3C)cc(C)nc12.[2H][C@@](C)(NC(=O)c1cocn1)c1cc(F)cc(Cl)c1COc1cccc2c(-c3ncnn3C)cc(C)nc12. The summed E-state index contributed by atoms with van der Waals surface area (Å²) in [5, 5.41) is 30.3. The molecule has 0 aliphatic carbocycles. The van der Waals surface area contributed by atoms with Crippen molar-refractivity contribution in [1.82, 2.24) is 115 Å². The van der Waals surface area contributed by atoms with Crippen molar-refractivity contribution in [2.75, 3.05) is 6.61 Å². The molecular formula is C103H89Cl4F6N23O12. The maximum absolute atomic E-state index is 14.4. The van der Waals surface area contributed by atoms with E-state index in [0.717, 1.165) is 129 Å². The lowest BCUT2D eigenvalue weighted by Gasteiger charge is -2.20. The molecule has 35 nitrogen and oxygen atoms in total. The van der Waals surface area contributed by atoms with Crippen molar-refractivity contribution in [1.29, 1.82) is 0 Å². The highest BCUT2D eigenvalue weighted by Crippen LogP contribution is 2.41. The molecule has 0 fully saturated rings. The molecule has 19 rings (SSSR count). The minimum Gasteiger partial charge on any atom is -0.487 e. The van der Waals surface area contributed by atoms with Crippen LogP contribution in [0.15, 0.2) is 222 Å². The molecule has 0 aliphatic heterocycles. The molecular weight excluding hydrogens is 2010 g/mol. The Labute approximate surface area is 863 Å². The molecule has 0 saturated heterocycles. The van der Waals surface area contributed by atoms with Crippen LogP contribution in [0.1, 0.15) is 160 Å². The zero-order valence-corrected chi connectivity index (χ0v) is 83.5. The fraction of sp³-hybridized carbons (Fsp3) is 0.214. The molecule has 4 N–H and O–H groups in total. The number of nitrogens with one attached hydrogen (secondary N) is 4. The number of rotatable bonds is 30. The number of hydrogen-bond acceptors (Lipinski definition) is 27. The first-order chi connectivity index (χ1) is 72.0. The van der Waals surface area contributed by atoms with Crippen molar-refractivity contribution in [3.63, 3.8) is 0 Å². The van der Waals surface area contributed by atoms with Gasteiger partial charge in [-0.2, -0.15) is 29.2 Å². The molecule has 45 heteroatoms. The zero-order chi connectivity index (χ0) is 108. The molecule has 19 aromatic rings. The lowest BCUT2D eigenvalue weighted by atomic mass is 10.0. The van der Waals surface area contributed by atoms with Gasteiger partial charge in [-0.3, -0.25) is 19.2 Å². The molecule has 4 atom stereocenters. The monoisotopic (exact) mass is 2100 g/mol. The van der Waals surface area contributed by atoms with E-state index >= 15 is 0 Å². The molecule has 0 radical (unpaired) electrons. The van der Waals surface area contributed by atoms with Crippen molar-refractivity contribution >= 4 is 114 Å². The predicted octanol–water partition coefficient (Wildman–Crippen LogP) is 20.8. The number of fused-ring (bicyclic) bond motifs is 4. The van der Waals surface area contributed by atoms with E-state index in [9.17, 15) is 45.5 Å². The van der Waals surface area contributed by atoms with Gasteiger partial charge in [-0.15, -0.1) is 0 Å². The molecule has 148 heavy (non-hydrogen) atoms. The predicted molar refractivity (Wildman–Crippen MR) is 534 cm³/mol. The number of ether oxygens (including phenoxy) is 5. The number of pyridine rings is 4. The number of aromatic nitrogens is 19. The van der Waals surface area contributed by atoms with E-state index in [1.165, 1.54) is 64.5 Å². The first-order valence-corrected chi connectivity index (χ1v) is 46.3.